The summed E-state index contributed by atoms with van der Waals surface area (Å²) in [6, 6.07) is 17.3. The van der Waals surface area contributed by atoms with E-state index >= 15 is 0 Å². The second kappa shape index (κ2) is 10.9. The highest BCUT2D eigenvalue weighted by Crippen LogP contribution is 2.32. The van der Waals surface area contributed by atoms with E-state index in [1.54, 1.807) is 12.0 Å². The maximum atomic E-state index is 13.7. The SMILES string of the molecule is COc1ccccc1N1CCN(C(=O)[C@H]2C[NH+]3CC[C@@H]2C[C@@H]3Cn2cc(-c3ccc(C(C)(C)C)cc3)nn2)CC1. The van der Waals surface area contributed by atoms with E-state index in [2.05, 4.69) is 77.4 Å². The van der Waals surface area contributed by atoms with Crippen LogP contribution in [0.4, 0.5) is 5.69 Å². The summed E-state index contributed by atoms with van der Waals surface area (Å²) in [5.41, 5.74) is 4.60. The third-order valence-corrected chi connectivity index (χ3v) is 9.38. The maximum absolute atomic E-state index is 13.7. The number of quaternary nitrogens is 1. The van der Waals surface area contributed by atoms with Crippen molar-refractivity contribution in [2.24, 2.45) is 11.8 Å². The third-order valence-electron chi connectivity index (χ3n) is 9.38. The summed E-state index contributed by atoms with van der Waals surface area (Å²) in [7, 11) is 1.72. The summed E-state index contributed by atoms with van der Waals surface area (Å²) >= 11 is 0. The third kappa shape index (κ3) is 5.33. The lowest BCUT2D eigenvalue weighted by Gasteiger charge is -2.47. The lowest BCUT2D eigenvalue weighted by atomic mass is 9.75. The van der Waals surface area contributed by atoms with Gasteiger partial charge in [-0.3, -0.25) is 4.79 Å². The number of rotatable bonds is 6. The number of nitrogens with one attached hydrogen (secondary N) is 1. The number of fused-ring (bicyclic) bond motifs is 3. The van der Waals surface area contributed by atoms with Gasteiger partial charge in [0.2, 0.25) is 5.91 Å². The Hall–Kier alpha value is -3.39. The van der Waals surface area contributed by atoms with E-state index in [1.165, 1.54) is 5.56 Å². The molecule has 4 saturated heterocycles. The molecule has 5 heterocycles. The number of para-hydroxylation sites is 2. The van der Waals surface area contributed by atoms with Crippen LogP contribution in [0.15, 0.2) is 54.7 Å². The van der Waals surface area contributed by atoms with Crippen LogP contribution in [0.1, 0.15) is 39.2 Å². The predicted octanol–water partition coefficient (Wildman–Crippen LogP) is 2.89. The number of anilines is 1. The van der Waals surface area contributed by atoms with Gasteiger partial charge in [-0.2, -0.15) is 0 Å². The standard InChI is InChI=1S/C32H42N6O2/c1-32(2,3)25-11-9-23(10-12-25)28-22-38(34-33-28)20-26-19-24-13-14-37(26)21-27(24)31(39)36-17-15-35(16-18-36)29-7-5-6-8-30(29)40-4/h5-12,22,24,26-27H,13-21H2,1-4H3/p+1/t24-,26-,27+/m1/s1. The lowest BCUT2D eigenvalue weighted by molar-refractivity contribution is -0.945. The first-order valence-corrected chi connectivity index (χ1v) is 14.8. The van der Waals surface area contributed by atoms with Gasteiger partial charge >= 0.3 is 0 Å². The van der Waals surface area contributed by atoms with E-state index in [9.17, 15) is 4.79 Å². The molecule has 0 radical (unpaired) electrons. The van der Waals surface area contributed by atoms with Gasteiger partial charge in [0, 0.05) is 44.6 Å². The first kappa shape index (κ1) is 26.8. The Bertz CT molecular complexity index is 1320. The highest BCUT2D eigenvalue weighted by Gasteiger charge is 2.48. The van der Waals surface area contributed by atoms with Crippen LogP contribution < -0.4 is 14.5 Å². The minimum atomic E-state index is 0.136. The fourth-order valence-electron chi connectivity index (χ4n) is 6.98. The Balaban J connectivity index is 1.04. The molecule has 8 heteroatoms. The molecule has 40 heavy (non-hydrogen) atoms. The van der Waals surface area contributed by atoms with Gasteiger partial charge in [0.15, 0.2) is 0 Å². The van der Waals surface area contributed by atoms with E-state index in [0.29, 0.717) is 17.9 Å². The van der Waals surface area contributed by atoms with Gasteiger partial charge in [-0.15, -0.1) is 5.10 Å². The van der Waals surface area contributed by atoms with Gasteiger partial charge in [-0.05, 0) is 29.0 Å². The minimum absolute atomic E-state index is 0.136. The first-order valence-electron chi connectivity index (χ1n) is 14.8. The summed E-state index contributed by atoms with van der Waals surface area (Å²) in [6.07, 6.45) is 4.31. The van der Waals surface area contributed by atoms with Crippen molar-refractivity contribution in [3.63, 3.8) is 0 Å². The molecule has 1 aromatic heterocycles. The maximum Gasteiger partial charge on any atom is 0.231 e. The molecule has 7 rings (SSSR count). The zero-order valence-corrected chi connectivity index (χ0v) is 24.3. The summed E-state index contributed by atoms with van der Waals surface area (Å²) < 4.78 is 7.57. The molecule has 4 aliphatic rings. The number of methoxy groups -OCH3 is 1. The topological polar surface area (TPSA) is 67.9 Å². The molecule has 4 aliphatic heterocycles. The van der Waals surface area contributed by atoms with Crippen molar-refractivity contribution in [3.05, 3.63) is 60.3 Å². The Morgan fingerprint density at radius 3 is 2.48 bits per heavy atom. The molecule has 1 N–H and O–H groups in total. The van der Waals surface area contributed by atoms with Crippen molar-refractivity contribution >= 4 is 11.6 Å². The number of ether oxygens (including phenoxy) is 1. The number of carbonyl (C=O) groups is 1. The zero-order chi connectivity index (χ0) is 27.9. The lowest BCUT2D eigenvalue weighted by Crippen LogP contribution is -3.20. The van der Waals surface area contributed by atoms with Crippen molar-refractivity contribution in [2.45, 2.75) is 51.6 Å². The largest absolute Gasteiger partial charge is 0.495 e. The number of hydrogen-bond donors (Lipinski definition) is 1. The van der Waals surface area contributed by atoms with Gasteiger partial charge in [0.25, 0.3) is 0 Å². The van der Waals surface area contributed by atoms with Gasteiger partial charge in [-0.1, -0.05) is 62.4 Å². The van der Waals surface area contributed by atoms with E-state index in [0.717, 1.165) is 81.3 Å². The molecule has 4 fully saturated rings. The Labute approximate surface area is 237 Å². The Morgan fingerprint density at radius 1 is 1.05 bits per heavy atom. The Kier molecular flexibility index (Phi) is 7.29. The molecule has 0 saturated carbocycles. The van der Waals surface area contributed by atoms with Crippen LogP contribution in [0.2, 0.25) is 0 Å². The highest BCUT2D eigenvalue weighted by molar-refractivity contribution is 5.80. The number of hydrogen-bond acceptors (Lipinski definition) is 5. The second-order valence-corrected chi connectivity index (χ2v) is 12.8. The van der Waals surface area contributed by atoms with Crippen LogP contribution in [0.5, 0.6) is 5.75 Å². The van der Waals surface area contributed by atoms with Gasteiger partial charge in [0.05, 0.1) is 44.5 Å². The molecule has 2 aromatic carbocycles. The molecular formula is C32H43N6O2+. The Morgan fingerprint density at radius 2 is 1.80 bits per heavy atom. The number of amides is 1. The zero-order valence-electron chi connectivity index (χ0n) is 24.3. The minimum Gasteiger partial charge on any atom is -0.495 e. The van der Waals surface area contributed by atoms with Crippen molar-refractivity contribution in [3.8, 4) is 17.0 Å². The van der Waals surface area contributed by atoms with Gasteiger partial charge in [-0.25, -0.2) is 4.68 Å². The van der Waals surface area contributed by atoms with Crippen LogP contribution in [-0.4, -0.2) is 78.2 Å². The summed E-state index contributed by atoms with van der Waals surface area (Å²) in [4.78, 5) is 19.7. The van der Waals surface area contributed by atoms with Crippen LogP contribution in [-0.2, 0) is 16.8 Å². The first-order chi connectivity index (χ1) is 19.3. The monoisotopic (exact) mass is 543 g/mol. The molecule has 212 valence electrons. The average molecular weight is 544 g/mol. The van der Waals surface area contributed by atoms with E-state index in [-0.39, 0.29) is 11.3 Å². The number of piperidine rings is 3. The van der Waals surface area contributed by atoms with E-state index in [1.807, 2.05) is 22.9 Å². The molecule has 2 bridgehead atoms. The van der Waals surface area contributed by atoms with Gasteiger partial charge in [0.1, 0.15) is 17.5 Å². The highest BCUT2D eigenvalue weighted by atomic mass is 16.5. The molecule has 0 spiro atoms. The summed E-state index contributed by atoms with van der Waals surface area (Å²) in [5.74, 6) is 1.87. The van der Waals surface area contributed by atoms with Crippen LogP contribution in [0.25, 0.3) is 11.3 Å². The molecule has 8 nitrogen and oxygen atoms in total. The molecule has 3 aromatic rings. The van der Waals surface area contributed by atoms with E-state index < -0.39 is 0 Å². The summed E-state index contributed by atoms with van der Waals surface area (Å²) in [5, 5.41) is 8.96. The quantitative estimate of drug-likeness (QED) is 0.518. The van der Waals surface area contributed by atoms with Crippen LogP contribution in [0, 0.1) is 11.8 Å². The number of benzene rings is 2. The van der Waals surface area contributed by atoms with Crippen molar-refractivity contribution in [2.75, 3.05) is 51.3 Å². The van der Waals surface area contributed by atoms with Crippen molar-refractivity contribution < 1.29 is 14.4 Å². The molecular weight excluding hydrogens is 500 g/mol. The molecule has 0 aliphatic carbocycles. The van der Waals surface area contributed by atoms with Crippen LogP contribution in [0.3, 0.4) is 0 Å². The molecule has 1 amide bonds. The van der Waals surface area contributed by atoms with Gasteiger partial charge < -0.3 is 19.4 Å². The number of nitrogens with zero attached hydrogens (tertiary/aromatic N) is 5. The predicted molar refractivity (Wildman–Crippen MR) is 157 cm³/mol. The van der Waals surface area contributed by atoms with E-state index in [4.69, 9.17) is 4.74 Å². The smallest absolute Gasteiger partial charge is 0.231 e. The second-order valence-electron chi connectivity index (χ2n) is 12.8. The number of aromatic nitrogens is 3. The fourth-order valence-corrected chi connectivity index (χ4v) is 6.98. The number of piperazine rings is 1. The summed E-state index contributed by atoms with van der Waals surface area (Å²) in [6.45, 7) is 12.9. The van der Waals surface area contributed by atoms with Crippen molar-refractivity contribution in [1.82, 2.24) is 19.9 Å². The number of carbonyl (C=O) groups excluding carboxylic acids is 1. The van der Waals surface area contributed by atoms with Crippen LogP contribution >= 0.6 is 0 Å². The normalized spacial score (nSPS) is 24.8. The average Bonchev–Trinajstić information content (AvgIpc) is 3.45. The van der Waals surface area contributed by atoms with Crippen molar-refractivity contribution in [1.29, 1.82) is 0 Å². The molecule has 1 unspecified atom stereocenters. The fraction of sp³-hybridized carbons (Fsp3) is 0.531. The molecule has 4 atom stereocenters.